The van der Waals surface area contributed by atoms with E-state index in [9.17, 15) is 9.90 Å². The van der Waals surface area contributed by atoms with E-state index < -0.39 is 0 Å². The van der Waals surface area contributed by atoms with E-state index in [4.69, 9.17) is 4.74 Å². The van der Waals surface area contributed by atoms with E-state index in [1.807, 2.05) is 0 Å². The van der Waals surface area contributed by atoms with Crippen molar-refractivity contribution in [1.82, 2.24) is 0 Å². The number of benzene rings is 1. The number of phenolic OH excluding ortho intramolecular Hbond substituents is 1. The van der Waals surface area contributed by atoms with Gasteiger partial charge in [-0.3, -0.25) is 0 Å². The van der Waals surface area contributed by atoms with Crippen LogP contribution < -0.4 is 0 Å². The lowest BCUT2D eigenvalue weighted by molar-refractivity contribution is -0.134. The lowest BCUT2D eigenvalue weighted by atomic mass is 10.1. The van der Waals surface area contributed by atoms with Gasteiger partial charge in [-0.15, -0.1) is 0 Å². The molecule has 1 aromatic carbocycles. The van der Waals surface area contributed by atoms with E-state index in [0.717, 1.165) is 11.1 Å². The van der Waals surface area contributed by atoms with Gasteiger partial charge in [-0.2, -0.15) is 0 Å². The molecule has 0 aliphatic carbocycles. The van der Waals surface area contributed by atoms with Crippen molar-refractivity contribution in [3.05, 3.63) is 34.3 Å². The number of carbonyl (C=O) groups is 1. The molecule has 72 valence electrons. The molecule has 1 aliphatic rings. The van der Waals surface area contributed by atoms with E-state index in [1.165, 1.54) is 6.08 Å². The standard InChI is InChI=1S/C10H7BrO3/c11-8-3-6(1-2-9(8)12)7-4-10(13)14-5-7/h1-4,12H,5H2. The third kappa shape index (κ3) is 1.65. The molecule has 0 saturated heterocycles. The van der Waals surface area contributed by atoms with Gasteiger partial charge in [0.2, 0.25) is 0 Å². The second-order valence-corrected chi connectivity index (χ2v) is 3.80. The highest BCUT2D eigenvalue weighted by molar-refractivity contribution is 9.10. The van der Waals surface area contributed by atoms with Crippen LogP contribution in [0, 0.1) is 0 Å². The summed E-state index contributed by atoms with van der Waals surface area (Å²) in [7, 11) is 0. The van der Waals surface area contributed by atoms with Crippen LogP contribution in [0.15, 0.2) is 28.7 Å². The van der Waals surface area contributed by atoms with Gasteiger partial charge in [0.1, 0.15) is 12.4 Å². The van der Waals surface area contributed by atoms with E-state index in [0.29, 0.717) is 11.1 Å². The van der Waals surface area contributed by atoms with E-state index >= 15 is 0 Å². The van der Waals surface area contributed by atoms with Crippen molar-refractivity contribution in [3.63, 3.8) is 0 Å². The van der Waals surface area contributed by atoms with Crippen molar-refractivity contribution in [2.24, 2.45) is 0 Å². The summed E-state index contributed by atoms with van der Waals surface area (Å²) in [6.07, 6.45) is 1.46. The van der Waals surface area contributed by atoms with Gasteiger partial charge in [-0.1, -0.05) is 6.07 Å². The predicted molar refractivity (Wildman–Crippen MR) is 54.7 cm³/mol. The summed E-state index contributed by atoms with van der Waals surface area (Å²) >= 11 is 3.21. The number of carbonyl (C=O) groups excluding carboxylic acids is 1. The van der Waals surface area contributed by atoms with E-state index in [1.54, 1.807) is 18.2 Å². The summed E-state index contributed by atoms with van der Waals surface area (Å²) in [5, 5.41) is 9.27. The van der Waals surface area contributed by atoms with Crippen molar-refractivity contribution in [2.45, 2.75) is 0 Å². The molecule has 0 bridgehead atoms. The molecule has 1 aliphatic heterocycles. The molecule has 1 N–H and O–H groups in total. The Morgan fingerprint density at radius 1 is 1.43 bits per heavy atom. The molecule has 0 saturated carbocycles. The van der Waals surface area contributed by atoms with Crippen LogP contribution in [0.2, 0.25) is 0 Å². The molecule has 0 unspecified atom stereocenters. The lowest BCUT2D eigenvalue weighted by Gasteiger charge is -2.02. The first-order valence-corrected chi connectivity index (χ1v) is 4.82. The average molecular weight is 255 g/mol. The molecule has 0 spiro atoms. The molecule has 14 heavy (non-hydrogen) atoms. The number of halogens is 1. The quantitative estimate of drug-likeness (QED) is 0.781. The fourth-order valence-corrected chi connectivity index (χ4v) is 1.63. The number of phenols is 1. The normalized spacial score (nSPS) is 15.2. The molecular weight excluding hydrogens is 248 g/mol. The fraction of sp³-hybridized carbons (Fsp3) is 0.100. The molecule has 1 aromatic rings. The van der Waals surface area contributed by atoms with Crippen molar-refractivity contribution in [2.75, 3.05) is 6.61 Å². The minimum atomic E-state index is -0.316. The highest BCUT2D eigenvalue weighted by Crippen LogP contribution is 2.28. The molecule has 0 fully saturated rings. The number of hydrogen-bond donors (Lipinski definition) is 1. The molecule has 0 radical (unpaired) electrons. The van der Waals surface area contributed by atoms with Crippen LogP contribution in [0.25, 0.3) is 5.57 Å². The highest BCUT2D eigenvalue weighted by Gasteiger charge is 2.15. The Balaban J connectivity index is 2.38. The predicted octanol–water partition coefficient (Wildman–Crippen LogP) is 2.09. The Morgan fingerprint density at radius 2 is 2.21 bits per heavy atom. The lowest BCUT2D eigenvalue weighted by Crippen LogP contribution is -1.91. The highest BCUT2D eigenvalue weighted by atomic mass is 79.9. The summed E-state index contributed by atoms with van der Waals surface area (Å²) in [5.41, 5.74) is 1.70. The van der Waals surface area contributed by atoms with Crippen LogP contribution in [0.4, 0.5) is 0 Å². The Labute approximate surface area is 89.1 Å². The zero-order valence-electron chi connectivity index (χ0n) is 7.16. The van der Waals surface area contributed by atoms with Crippen molar-refractivity contribution in [1.29, 1.82) is 0 Å². The Bertz CT molecular complexity index is 423. The summed E-state index contributed by atoms with van der Waals surface area (Å²) < 4.78 is 5.39. The van der Waals surface area contributed by atoms with E-state index in [2.05, 4.69) is 15.9 Å². The van der Waals surface area contributed by atoms with Gasteiger partial charge in [-0.25, -0.2) is 4.79 Å². The summed E-state index contributed by atoms with van der Waals surface area (Å²) in [5.74, 6) is -0.135. The summed E-state index contributed by atoms with van der Waals surface area (Å²) in [6.45, 7) is 0.302. The first-order valence-electron chi connectivity index (χ1n) is 4.03. The van der Waals surface area contributed by atoms with Gasteiger partial charge in [0.15, 0.2) is 0 Å². The molecule has 2 rings (SSSR count). The zero-order chi connectivity index (χ0) is 10.1. The molecule has 4 heteroatoms. The van der Waals surface area contributed by atoms with Crippen LogP contribution >= 0.6 is 15.9 Å². The number of ether oxygens (including phenoxy) is 1. The molecule has 0 amide bonds. The maximum absolute atomic E-state index is 10.8. The number of esters is 1. The Hall–Kier alpha value is -1.29. The van der Waals surface area contributed by atoms with Crippen LogP contribution in [-0.4, -0.2) is 17.7 Å². The van der Waals surface area contributed by atoms with Gasteiger partial charge in [0.25, 0.3) is 0 Å². The second-order valence-electron chi connectivity index (χ2n) is 2.94. The van der Waals surface area contributed by atoms with Crippen molar-refractivity contribution >= 4 is 27.5 Å². The number of cyclic esters (lactones) is 1. The van der Waals surface area contributed by atoms with Gasteiger partial charge in [-0.05, 0) is 33.6 Å². The largest absolute Gasteiger partial charge is 0.507 e. The molecule has 3 nitrogen and oxygen atoms in total. The van der Waals surface area contributed by atoms with Crippen LogP contribution in [-0.2, 0) is 9.53 Å². The molecule has 0 atom stereocenters. The zero-order valence-corrected chi connectivity index (χ0v) is 8.74. The SMILES string of the molecule is O=C1C=C(c2ccc(O)c(Br)c2)CO1. The van der Waals surface area contributed by atoms with Gasteiger partial charge in [0, 0.05) is 11.6 Å². The topological polar surface area (TPSA) is 46.5 Å². The molecule has 1 heterocycles. The van der Waals surface area contributed by atoms with Crippen LogP contribution in [0.1, 0.15) is 5.56 Å². The molecular formula is C10H7BrO3. The Morgan fingerprint density at radius 3 is 2.79 bits per heavy atom. The summed E-state index contributed by atoms with van der Waals surface area (Å²) in [4.78, 5) is 10.8. The first kappa shape index (κ1) is 9.27. The summed E-state index contributed by atoms with van der Waals surface area (Å²) in [6, 6.07) is 5.07. The van der Waals surface area contributed by atoms with Crippen molar-refractivity contribution in [3.8, 4) is 5.75 Å². The maximum atomic E-state index is 10.8. The van der Waals surface area contributed by atoms with Crippen molar-refractivity contribution < 1.29 is 14.6 Å². The third-order valence-corrected chi connectivity index (χ3v) is 2.62. The minimum Gasteiger partial charge on any atom is -0.507 e. The number of hydrogen-bond acceptors (Lipinski definition) is 3. The average Bonchev–Trinajstić information content (AvgIpc) is 2.57. The first-order chi connectivity index (χ1) is 6.66. The van der Waals surface area contributed by atoms with Crippen LogP contribution in [0.3, 0.4) is 0 Å². The molecule has 0 aromatic heterocycles. The number of rotatable bonds is 1. The van der Waals surface area contributed by atoms with Gasteiger partial charge >= 0.3 is 5.97 Å². The number of aromatic hydroxyl groups is 1. The Kier molecular flexibility index (Phi) is 2.29. The van der Waals surface area contributed by atoms with E-state index in [-0.39, 0.29) is 11.7 Å². The third-order valence-electron chi connectivity index (χ3n) is 1.98. The van der Waals surface area contributed by atoms with Gasteiger partial charge < -0.3 is 9.84 Å². The maximum Gasteiger partial charge on any atom is 0.331 e. The van der Waals surface area contributed by atoms with Crippen LogP contribution in [0.5, 0.6) is 5.75 Å². The second kappa shape index (κ2) is 3.46. The monoisotopic (exact) mass is 254 g/mol. The smallest absolute Gasteiger partial charge is 0.331 e. The minimum absolute atomic E-state index is 0.180. The fourth-order valence-electron chi connectivity index (χ4n) is 1.25. The van der Waals surface area contributed by atoms with Gasteiger partial charge in [0.05, 0.1) is 4.47 Å².